The van der Waals surface area contributed by atoms with Crippen LogP contribution in [0.15, 0.2) is 4.34 Å². The molecule has 0 spiro atoms. The normalized spacial score (nSPS) is 22.5. The maximum atomic E-state index is 11.9. The first-order chi connectivity index (χ1) is 9.67. The lowest BCUT2D eigenvalue weighted by atomic mass is 9.87. The predicted molar refractivity (Wildman–Crippen MR) is 84.4 cm³/mol. The summed E-state index contributed by atoms with van der Waals surface area (Å²) in [6.07, 6.45) is 4.67. The Morgan fingerprint density at radius 3 is 2.80 bits per heavy atom. The molecule has 0 atom stereocenters. The van der Waals surface area contributed by atoms with Crippen molar-refractivity contribution in [3.8, 4) is 0 Å². The van der Waals surface area contributed by atoms with Gasteiger partial charge in [-0.3, -0.25) is 4.79 Å². The molecule has 5 nitrogen and oxygen atoms in total. The van der Waals surface area contributed by atoms with Gasteiger partial charge in [0.2, 0.25) is 11.0 Å². The average molecular weight is 314 g/mol. The van der Waals surface area contributed by atoms with Gasteiger partial charge in [-0.15, -0.1) is 10.2 Å². The van der Waals surface area contributed by atoms with E-state index in [9.17, 15) is 4.79 Å². The zero-order valence-electron chi connectivity index (χ0n) is 12.0. The lowest BCUT2D eigenvalue weighted by Crippen LogP contribution is -2.38. The SMILES string of the molecule is CCNc1nnc(SCC(=O)NC2CCC(C)CC2)s1. The smallest absolute Gasteiger partial charge is 0.230 e. The highest BCUT2D eigenvalue weighted by molar-refractivity contribution is 8.01. The maximum Gasteiger partial charge on any atom is 0.230 e. The minimum Gasteiger partial charge on any atom is -0.360 e. The van der Waals surface area contributed by atoms with Crippen molar-refractivity contribution in [1.29, 1.82) is 0 Å². The Labute approximate surface area is 128 Å². The first-order valence-electron chi connectivity index (χ1n) is 7.17. The van der Waals surface area contributed by atoms with E-state index in [1.54, 1.807) is 0 Å². The van der Waals surface area contributed by atoms with E-state index in [2.05, 4.69) is 27.8 Å². The number of anilines is 1. The van der Waals surface area contributed by atoms with E-state index in [1.807, 2.05) is 6.92 Å². The van der Waals surface area contributed by atoms with Gasteiger partial charge in [-0.1, -0.05) is 30.0 Å². The molecule has 0 radical (unpaired) electrons. The van der Waals surface area contributed by atoms with Gasteiger partial charge in [0.05, 0.1) is 5.75 Å². The molecule has 2 N–H and O–H groups in total. The molecule has 1 amide bonds. The minimum atomic E-state index is 0.106. The van der Waals surface area contributed by atoms with Gasteiger partial charge in [-0.2, -0.15) is 0 Å². The third-order valence-corrected chi connectivity index (χ3v) is 5.46. The lowest BCUT2D eigenvalue weighted by molar-refractivity contribution is -0.119. The van der Waals surface area contributed by atoms with E-state index >= 15 is 0 Å². The van der Waals surface area contributed by atoms with Crippen LogP contribution < -0.4 is 10.6 Å². The number of rotatable bonds is 6. The zero-order valence-corrected chi connectivity index (χ0v) is 13.6. The summed E-state index contributed by atoms with van der Waals surface area (Å²) in [5.74, 6) is 1.34. The number of nitrogens with one attached hydrogen (secondary N) is 2. The van der Waals surface area contributed by atoms with Crippen molar-refractivity contribution in [1.82, 2.24) is 15.5 Å². The standard InChI is InChI=1S/C13H22N4OS2/c1-3-14-12-16-17-13(20-12)19-8-11(18)15-10-6-4-9(2)5-7-10/h9-10H,3-8H2,1-2H3,(H,14,16)(H,15,18). The van der Waals surface area contributed by atoms with Gasteiger partial charge in [0.1, 0.15) is 0 Å². The largest absolute Gasteiger partial charge is 0.360 e. The van der Waals surface area contributed by atoms with E-state index in [-0.39, 0.29) is 5.91 Å². The van der Waals surface area contributed by atoms with Gasteiger partial charge in [-0.05, 0) is 38.5 Å². The summed E-state index contributed by atoms with van der Waals surface area (Å²) in [5.41, 5.74) is 0. The van der Waals surface area contributed by atoms with Crippen molar-refractivity contribution in [3.63, 3.8) is 0 Å². The van der Waals surface area contributed by atoms with Crippen LogP contribution in [0.2, 0.25) is 0 Å². The molecule has 1 saturated carbocycles. The van der Waals surface area contributed by atoms with Gasteiger partial charge in [0.15, 0.2) is 4.34 Å². The molecular weight excluding hydrogens is 292 g/mol. The molecule has 1 aliphatic carbocycles. The summed E-state index contributed by atoms with van der Waals surface area (Å²) in [6.45, 7) is 5.14. The number of thioether (sulfide) groups is 1. The van der Waals surface area contributed by atoms with Crippen LogP contribution in [0.5, 0.6) is 0 Å². The van der Waals surface area contributed by atoms with Gasteiger partial charge in [-0.25, -0.2) is 0 Å². The summed E-state index contributed by atoms with van der Waals surface area (Å²) in [7, 11) is 0. The molecule has 1 aliphatic rings. The van der Waals surface area contributed by atoms with Crippen molar-refractivity contribution in [2.45, 2.75) is 49.9 Å². The fraction of sp³-hybridized carbons (Fsp3) is 0.769. The second kappa shape index (κ2) is 7.83. The minimum absolute atomic E-state index is 0.106. The van der Waals surface area contributed by atoms with Crippen LogP contribution in [0, 0.1) is 5.92 Å². The molecule has 1 aromatic heterocycles. The predicted octanol–water partition coefficient (Wildman–Crippen LogP) is 2.76. The monoisotopic (exact) mass is 314 g/mol. The molecule has 0 bridgehead atoms. The molecule has 1 heterocycles. The van der Waals surface area contributed by atoms with Crippen LogP contribution in [0.1, 0.15) is 39.5 Å². The summed E-state index contributed by atoms with van der Waals surface area (Å²) in [6, 6.07) is 0.367. The van der Waals surface area contributed by atoms with Crippen LogP contribution in [-0.2, 0) is 4.79 Å². The van der Waals surface area contributed by atoms with Crippen LogP contribution in [0.25, 0.3) is 0 Å². The number of hydrogen-bond donors (Lipinski definition) is 2. The molecule has 0 saturated heterocycles. The van der Waals surface area contributed by atoms with Crippen LogP contribution in [0.4, 0.5) is 5.13 Å². The van der Waals surface area contributed by atoms with E-state index in [4.69, 9.17) is 0 Å². The first-order valence-corrected chi connectivity index (χ1v) is 8.97. The molecule has 1 aromatic rings. The molecule has 0 aliphatic heterocycles. The summed E-state index contributed by atoms with van der Waals surface area (Å²) >= 11 is 2.95. The molecule has 1 fully saturated rings. The van der Waals surface area contributed by atoms with E-state index < -0.39 is 0 Å². The highest BCUT2D eigenvalue weighted by Gasteiger charge is 2.19. The Bertz CT molecular complexity index is 430. The fourth-order valence-electron chi connectivity index (χ4n) is 2.29. The second-order valence-corrected chi connectivity index (χ2v) is 7.42. The quantitative estimate of drug-likeness (QED) is 0.790. The van der Waals surface area contributed by atoms with Crippen molar-refractivity contribution in [3.05, 3.63) is 0 Å². The Hall–Kier alpha value is -0.820. The molecule has 0 aromatic carbocycles. The summed E-state index contributed by atoms with van der Waals surface area (Å²) in [5, 5.41) is 15.1. The first kappa shape index (κ1) is 15.6. The van der Waals surface area contributed by atoms with Crippen molar-refractivity contribution in [2.24, 2.45) is 5.92 Å². The highest BCUT2D eigenvalue weighted by atomic mass is 32.2. The van der Waals surface area contributed by atoms with E-state index in [0.717, 1.165) is 34.8 Å². The Morgan fingerprint density at radius 1 is 1.35 bits per heavy atom. The number of carbonyl (C=O) groups excluding carboxylic acids is 1. The third kappa shape index (κ3) is 4.94. The fourth-order valence-corrected chi connectivity index (χ4v) is 3.92. The van der Waals surface area contributed by atoms with Crippen molar-refractivity contribution < 1.29 is 4.79 Å². The number of carbonyl (C=O) groups is 1. The van der Waals surface area contributed by atoms with Gasteiger partial charge >= 0.3 is 0 Å². The van der Waals surface area contributed by atoms with Crippen LogP contribution >= 0.6 is 23.1 Å². The third-order valence-electron chi connectivity index (χ3n) is 3.44. The van der Waals surface area contributed by atoms with Gasteiger partial charge in [0.25, 0.3) is 0 Å². The van der Waals surface area contributed by atoms with Gasteiger partial charge < -0.3 is 10.6 Å². The van der Waals surface area contributed by atoms with E-state index in [1.165, 1.54) is 35.9 Å². The molecule has 20 heavy (non-hydrogen) atoms. The van der Waals surface area contributed by atoms with Crippen LogP contribution in [0.3, 0.4) is 0 Å². The molecule has 112 valence electrons. The number of aromatic nitrogens is 2. The second-order valence-electron chi connectivity index (χ2n) is 5.22. The summed E-state index contributed by atoms with van der Waals surface area (Å²) in [4.78, 5) is 11.9. The molecule has 0 unspecified atom stereocenters. The topological polar surface area (TPSA) is 66.9 Å². The lowest BCUT2D eigenvalue weighted by Gasteiger charge is -2.26. The van der Waals surface area contributed by atoms with Crippen LogP contribution in [-0.4, -0.2) is 34.4 Å². The molecule has 2 rings (SSSR count). The zero-order chi connectivity index (χ0) is 14.4. The number of amides is 1. The number of hydrogen-bond acceptors (Lipinski definition) is 6. The molecular formula is C13H22N4OS2. The van der Waals surface area contributed by atoms with Gasteiger partial charge in [0, 0.05) is 12.6 Å². The highest BCUT2D eigenvalue weighted by Crippen LogP contribution is 2.26. The Morgan fingerprint density at radius 2 is 2.10 bits per heavy atom. The number of nitrogens with zero attached hydrogens (tertiary/aromatic N) is 2. The van der Waals surface area contributed by atoms with E-state index in [0.29, 0.717) is 11.8 Å². The summed E-state index contributed by atoms with van der Waals surface area (Å²) < 4.78 is 0.841. The van der Waals surface area contributed by atoms with Crippen molar-refractivity contribution in [2.75, 3.05) is 17.6 Å². The maximum absolute atomic E-state index is 11.9. The molecule has 7 heteroatoms. The Balaban J connectivity index is 1.69. The Kier molecular flexibility index (Phi) is 6.09. The average Bonchev–Trinajstić information content (AvgIpc) is 2.87. The van der Waals surface area contributed by atoms with Crippen molar-refractivity contribution >= 4 is 34.1 Å².